The van der Waals surface area contributed by atoms with Crippen LogP contribution in [0, 0.1) is 0 Å². The number of H-pyrrole nitrogens is 1. The maximum atomic E-state index is 12.4. The molecule has 1 fully saturated rings. The Morgan fingerprint density at radius 3 is 2.46 bits per heavy atom. The minimum atomic E-state index is -0.289. The van der Waals surface area contributed by atoms with Crippen LogP contribution in [0.2, 0.25) is 0 Å². The molecule has 0 bridgehead atoms. The molecule has 138 valence electrons. The van der Waals surface area contributed by atoms with Gasteiger partial charge >= 0.3 is 0 Å². The molecule has 1 amide bonds. The van der Waals surface area contributed by atoms with Crippen LogP contribution in [-0.2, 0) is 6.61 Å². The van der Waals surface area contributed by atoms with Gasteiger partial charge in [0.05, 0.1) is 0 Å². The highest BCUT2D eigenvalue weighted by atomic mass is 16.5. The molecule has 1 aromatic heterocycles. The number of benzene rings is 1. The van der Waals surface area contributed by atoms with E-state index >= 15 is 0 Å². The van der Waals surface area contributed by atoms with Crippen molar-refractivity contribution in [1.29, 1.82) is 0 Å². The molecular formula is C21H26N2O3. The number of hydrogen-bond acceptors (Lipinski definition) is 3. The molecule has 1 aliphatic carbocycles. The molecule has 2 N–H and O–H groups in total. The maximum Gasteiger partial charge on any atom is 0.268 e. The predicted molar refractivity (Wildman–Crippen MR) is 101 cm³/mol. The Morgan fingerprint density at radius 1 is 1.08 bits per heavy atom. The molecule has 1 heterocycles. The highest BCUT2D eigenvalue weighted by molar-refractivity contribution is 5.92. The van der Waals surface area contributed by atoms with Gasteiger partial charge in [0.15, 0.2) is 5.75 Å². The van der Waals surface area contributed by atoms with Gasteiger partial charge < -0.3 is 15.0 Å². The predicted octanol–water partition coefficient (Wildman–Crippen LogP) is 3.80. The second-order valence-electron chi connectivity index (χ2n) is 6.86. The first-order chi connectivity index (χ1) is 12.7. The summed E-state index contributed by atoms with van der Waals surface area (Å²) < 4.78 is 5.56. The number of carbonyl (C=O) groups excluding carboxylic acids is 1. The number of amides is 1. The number of ether oxygens (including phenoxy) is 1. The fourth-order valence-electron chi connectivity index (χ4n) is 3.30. The van der Waals surface area contributed by atoms with Crippen molar-refractivity contribution in [1.82, 2.24) is 10.3 Å². The summed E-state index contributed by atoms with van der Waals surface area (Å²) in [4.78, 5) is 27.6. The SMILES string of the molecule is O=C(NC1CCCCCCC1)c1cc(=O)c(OCc2ccccc2)c[nH]1. The van der Waals surface area contributed by atoms with Gasteiger partial charge in [0.25, 0.3) is 5.91 Å². The third-order valence-corrected chi connectivity index (χ3v) is 4.80. The van der Waals surface area contributed by atoms with E-state index < -0.39 is 0 Å². The van der Waals surface area contributed by atoms with E-state index in [2.05, 4.69) is 10.3 Å². The third kappa shape index (κ3) is 5.22. The molecule has 5 nitrogen and oxygen atoms in total. The van der Waals surface area contributed by atoms with Crippen LogP contribution in [0.5, 0.6) is 5.75 Å². The van der Waals surface area contributed by atoms with Crippen molar-refractivity contribution in [2.24, 2.45) is 0 Å². The molecular weight excluding hydrogens is 328 g/mol. The molecule has 0 spiro atoms. The molecule has 26 heavy (non-hydrogen) atoms. The van der Waals surface area contributed by atoms with Crippen molar-refractivity contribution >= 4 is 5.91 Å². The van der Waals surface area contributed by atoms with Gasteiger partial charge in [0.2, 0.25) is 5.43 Å². The number of rotatable bonds is 5. The maximum absolute atomic E-state index is 12.4. The lowest BCUT2D eigenvalue weighted by Gasteiger charge is -2.21. The Balaban J connectivity index is 1.59. The van der Waals surface area contributed by atoms with Gasteiger partial charge in [0, 0.05) is 18.3 Å². The number of pyridine rings is 1. The van der Waals surface area contributed by atoms with Crippen LogP contribution in [0.15, 0.2) is 47.4 Å². The van der Waals surface area contributed by atoms with Crippen LogP contribution in [0.25, 0.3) is 0 Å². The highest BCUT2D eigenvalue weighted by Crippen LogP contribution is 2.17. The highest BCUT2D eigenvalue weighted by Gasteiger charge is 2.16. The van der Waals surface area contributed by atoms with Crippen molar-refractivity contribution in [2.45, 2.75) is 57.6 Å². The summed E-state index contributed by atoms with van der Waals surface area (Å²) in [5.74, 6) is -0.00126. The molecule has 5 heteroatoms. The molecule has 0 aliphatic heterocycles. The minimum Gasteiger partial charge on any atom is -0.483 e. The summed E-state index contributed by atoms with van der Waals surface area (Å²) in [6.45, 7) is 0.317. The van der Waals surface area contributed by atoms with E-state index in [1.165, 1.54) is 31.5 Å². The topological polar surface area (TPSA) is 71.2 Å². The average molecular weight is 354 g/mol. The molecule has 0 unspecified atom stereocenters. The Bertz CT molecular complexity index is 762. The molecule has 0 saturated heterocycles. The Kier molecular flexibility index (Phi) is 6.47. The van der Waals surface area contributed by atoms with Gasteiger partial charge in [-0.1, -0.05) is 62.4 Å². The number of carbonyl (C=O) groups is 1. The summed E-state index contributed by atoms with van der Waals surface area (Å²) in [6.07, 6.45) is 9.54. The molecule has 0 radical (unpaired) electrons. The van der Waals surface area contributed by atoms with E-state index in [1.807, 2.05) is 30.3 Å². The largest absolute Gasteiger partial charge is 0.483 e. The van der Waals surface area contributed by atoms with Crippen molar-refractivity contribution in [3.8, 4) is 5.75 Å². The third-order valence-electron chi connectivity index (χ3n) is 4.80. The zero-order valence-electron chi connectivity index (χ0n) is 15.0. The second-order valence-corrected chi connectivity index (χ2v) is 6.86. The van der Waals surface area contributed by atoms with E-state index in [9.17, 15) is 9.59 Å². The minimum absolute atomic E-state index is 0.195. The van der Waals surface area contributed by atoms with E-state index in [1.54, 1.807) is 0 Å². The fourth-order valence-corrected chi connectivity index (χ4v) is 3.30. The number of aromatic amines is 1. The Labute approximate surface area is 153 Å². The van der Waals surface area contributed by atoms with E-state index in [-0.39, 0.29) is 28.8 Å². The smallest absolute Gasteiger partial charge is 0.268 e. The van der Waals surface area contributed by atoms with Crippen LogP contribution in [-0.4, -0.2) is 16.9 Å². The molecule has 3 rings (SSSR count). The molecule has 1 aliphatic rings. The first-order valence-corrected chi connectivity index (χ1v) is 9.43. The van der Waals surface area contributed by atoms with E-state index in [4.69, 9.17) is 4.74 Å². The van der Waals surface area contributed by atoms with Gasteiger partial charge in [-0.25, -0.2) is 0 Å². The lowest BCUT2D eigenvalue weighted by Crippen LogP contribution is -2.36. The van der Waals surface area contributed by atoms with Crippen molar-refractivity contribution < 1.29 is 9.53 Å². The summed E-state index contributed by atoms with van der Waals surface area (Å²) >= 11 is 0. The van der Waals surface area contributed by atoms with Crippen LogP contribution in [0.1, 0.15) is 61.0 Å². The van der Waals surface area contributed by atoms with Crippen LogP contribution in [0.3, 0.4) is 0 Å². The zero-order valence-corrected chi connectivity index (χ0v) is 15.0. The fraction of sp³-hybridized carbons (Fsp3) is 0.429. The Hall–Kier alpha value is -2.56. The molecule has 0 atom stereocenters. The van der Waals surface area contributed by atoms with Gasteiger partial charge in [-0.05, 0) is 18.4 Å². The summed E-state index contributed by atoms with van der Waals surface area (Å²) in [5, 5.41) is 3.06. The van der Waals surface area contributed by atoms with Gasteiger partial charge in [-0.15, -0.1) is 0 Å². The Morgan fingerprint density at radius 2 is 1.77 bits per heavy atom. The zero-order chi connectivity index (χ0) is 18.2. The molecule has 1 saturated carbocycles. The number of hydrogen-bond donors (Lipinski definition) is 2. The van der Waals surface area contributed by atoms with Gasteiger partial charge in [-0.3, -0.25) is 9.59 Å². The van der Waals surface area contributed by atoms with Crippen LogP contribution in [0.4, 0.5) is 0 Å². The van der Waals surface area contributed by atoms with Crippen molar-refractivity contribution in [3.63, 3.8) is 0 Å². The van der Waals surface area contributed by atoms with Gasteiger partial charge in [0.1, 0.15) is 12.3 Å². The van der Waals surface area contributed by atoms with E-state index in [0.29, 0.717) is 6.61 Å². The second kappa shape index (κ2) is 9.22. The monoisotopic (exact) mass is 354 g/mol. The van der Waals surface area contributed by atoms with E-state index in [0.717, 1.165) is 31.2 Å². The lowest BCUT2D eigenvalue weighted by atomic mass is 9.96. The summed E-state index contributed by atoms with van der Waals surface area (Å²) in [7, 11) is 0. The summed E-state index contributed by atoms with van der Waals surface area (Å²) in [5.41, 5.74) is 0.976. The number of nitrogens with one attached hydrogen (secondary N) is 2. The quantitative estimate of drug-likeness (QED) is 0.858. The molecule has 1 aromatic carbocycles. The van der Waals surface area contributed by atoms with Crippen LogP contribution < -0.4 is 15.5 Å². The van der Waals surface area contributed by atoms with Crippen molar-refractivity contribution in [2.75, 3.05) is 0 Å². The summed E-state index contributed by atoms with van der Waals surface area (Å²) in [6, 6.07) is 11.2. The average Bonchev–Trinajstić information content (AvgIpc) is 2.63. The standard InChI is InChI=1S/C21H26N2O3/c24-19-13-18(21(25)23-17-11-7-2-1-3-8-12-17)22-14-20(19)26-15-16-9-5-4-6-10-16/h4-6,9-10,13-14,17H,1-3,7-8,11-12,15H2,(H,22,24)(H,23,25). The van der Waals surface area contributed by atoms with Crippen LogP contribution >= 0.6 is 0 Å². The molecule has 2 aromatic rings. The first kappa shape index (κ1) is 18.2. The first-order valence-electron chi connectivity index (χ1n) is 9.43. The number of aromatic nitrogens is 1. The van der Waals surface area contributed by atoms with Crippen molar-refractivity contribution in [3.05, 3.63) is 64.1 Å². The normalized spacial score (nSPS) is 15.7. The lowest BCUT2D eigenvalue weighted by molar-refractivity contribution is 0.0925. The van der Waals surface area contributed by atoms with Gasteiger partial charge in [-0.2, -0.15) is 0 Å².